The van der Waals surface area contributed by atoms with Crippen LogP contribution in [-0.4, -0.2) is 12.1 Å². The summed E-state index contributed by atoms with van der Waals surface area (Å²) in [5, 5.41) is 3.81. The van der Waals surface area contributed by atoms with Crippen LogP contribution >= 0.6 is 0 Å². The van der Waals surface area contributed by atoms with E-state index in [1.54, 1.807) is 0 Å². The number of hydrogen-bond donors (Lipinski definition) is 1. The lowest BCUT2D eigenvalue weighted by atomic mass is 9.61. The second-order valence-corrected chi connectivity index (χ2v) is 9.09. The van der Waals surface area contributed by atoms with Gasteiger partial charge in [-0.05, 0) is 76.2 Å². The molecule has 0 bridgehead atoms. The van der Waals surface area contributed by atoms with E-state index in [0.717, 1.165) is 29.6 Å². The minimum absolute atomic E-state index is 0.268. The van der Waals surface area contributed by atoms with Gasteiger partial charge in [0.1, 0.15) is 0 Å². The van der Waals surface area contributed by atoms with Gasteiger partial charge < -0.3 is 5.32 Å². The zero-order chi connectivity index (χ0) is 15.5. The Morgan fingerprint density at radius 2 is 1.62 bits per heavy atom. The zero-order valence-electron chi connectivity index (χ0n) is 15.3. The van der Waals surface area contributed by atoms with Gasteiger partial charge in [-0.3, -0.25) is 0 Å². The van der Waals surface area contributed by atoms with Crippen molar-refractivity contribution in [1.82, 2.24) is 5.32 Å². The molecule has 0 aromatic carbocycles. The smallest absolute Gasteiger partial charge is 0.00966 e. The summed E-state index contributed by atoms with van der Waals surface area (Å²) >= 11 is 0. The van der Waals surface area contributed by atoms with Crippen molar-refractivity contribution in [3.8, 4) is 0 Å². The summed E-state index contributed by atoms with van der Waals surface area (Å²) < 4.78 is 0. The highest BCUT2D eigenvalue weighted by atomic mass is 14.9. The van der Waals surface area contributed by atoms with Crippen molar-refractivity contribution in [2.45, 2.75) is 91.5 Å². The molecule has 0 aromatic rings. The Bertz CT molecular complexity index is 303. The van der Waals surface area contributed by atoms with Crippen LogP contribution in [-0.2, 0) is 0 Å². The van der Waals surface area contributed by atoms with E-state index in [1.807, 2.05) is 0 Å². The van der Waals surface area contributed by atoms with Gasteiger partial charge in [-0.1, -0.05) is 46.0 Å². The molecule has 5 atom stereocenters. The normalized spacial score (nSPS) is 38.4. The molecular weight excluding hydrogens is 254 g/mol. The van der Waals surface area contributed by atoms with Crippen LogP contribution in [0.4, 0.5) is 0 Å². The Morgan fingerprint density at radius 3 is 2.29 bits per heavy atom. The average molecular weight is 294 g/mol. The lowest BCUT2D eigenvalue weighted by Crippen LogP contribution is -2.44. The summed E-state index contributed by atoms with van der Waals surface area (Å²) in [6.45, 7) is 13.1. The van der Waals surface area contributed by atoms with E-state index >= 15 is 0 Å². The first-order valence-corrected chi connectivity index (χ1v) is 9.65. The maximum absolute atomic E-state index is 3.81. The van der Waals surface area contributed by atoms with E-state index in [9.17, 15) is 0 Å². The summed E-state index contributed by atoms with van der Waals surface area (Å²) in [4.78, 5) is 0. The quantitative estimate of drug-likeness (QED) is 0.707. The molecule has 0 spiro atoms. The van der Waals surface area contributed by atoms with Crippen LogP contribution in [0.25, 0.3) is 0 Å². The van der Waals surface area contributed by atoms with E-state index in [0.29, 0.717) is 0 Å². The van der Waals surface area contributed by atoms with Gasteiger partial charge in [-0.25, -0.2) is 0 Å². The molecule has 5 unspecified atom stereocenters. The molecule has 0 saturated heterocycles. The Morgan fingerprint density at radius 1 is 0.905 bits per heavy atom. The van der Waals surface area contributed by atoms with E-state index in [1.165, 1.54) is 57.9 Å². The SMILES string of the molecule is CCC1CCCCC1C1CC(C)CCC1CNC(C)(C)C. The molecule has 124 valence electrons. The highest BCUT2D eigenvalue weighted by Gasteiger charge is 2.38. The van der Waals surface area contributed by atoms with Gasteiger partial charge in [0.15, 0.2) is 0 Å². The highest BCUT2D eigenvalue weighted by Crippen LogP contribution is 2.46. The van der Waals surface area contributed by atoms with Gasteiger partial charge in [0.05, 0.1) is 0 Å². The topological polar surface area (TPSA) is 12.0 Å². The molecule has 0 heterocycles. The lowest BCUT2D eigenvalue weighted by Gasteiger charge is -2.45. The van der Waals surface area contributed by atoms with Crippen LogP contribution in [0.3, 0.4) is 0 Å². The number of hydrogen-bond acceptors (Lipinski definition) is 1. The third-order valence-electron chi connectivity index (χ3n) is 6.25. The molecule has 1 heteroatoms. The largest absolute Gasteiger partial charge is 0.312 e. The summed E-state index contributed by atoms with van der Waals surface area (Å²) in [7, 11) is 0. The average Bonchev–Trinajstić information content (AvgIpc) is 2.45. The molecule has 0 aromatic heterocycles. The van der Waals surface area contributed by atoms with Crippen LogP contribution in [0.2, 0.25) is 0 Å². The van der Waals surface area contributed by atoms with Crippen molar-refractivity contribution in [2.24, 2.45) is 29.6 Å². The van der Waals surface area contributed by atoms with Gasteiger partial charge in [-0.2, -0.15) is 0 Å². The summed E-state index contributed by atoms with van der Waals surface area (Å²) in [6, 6.07) is 0. The van der Waals surface area contributed by atoms with Gasteiger partial charge in [0.25, 0.3) is 0 Å². The maximum Gasteiger partial charge on any atom is 0.00966 e. The number of rotatable bonds is 4. The Hall–Kier alpha value is -0.0400. The van der Waals surface area contributed by atoms with Crippen LogP contribution < -0.4 is 5.32 Å². The molecule has 2 saturated carbocycles. The van der Waals surface area contributed by atoms with Gasteiger partial charge in [0, 0.05) is 5.54 Å². The second kappa shape index (κ2) is 7.49. The Kier molecular flexibility index (Phi) is 6.17. The predicted octanol–water partition coefficient (Wildman–Crippen LogP) is 5.64. The molecule has 2 fully saturated rings. The molecule has 0 radical (unpaired) electrons. The van der Waals surface area contributed by atoms with E-state index in [-0.39, 0.29) is 5.54 Å². The van der Waals surface area contributed by atoms with Gasteiger partial charge in [-0.15, -0.1) is 0 Å². The minimum Gasteiger partial charge on any atom is -0.312 e. The fraction of sp³-hybridized carbons (Fsp3) is 1.00. The van der Waals surface area contributed by atoms with Crippen molar-refractivity contribution < 1.29 is 0 Å². The van der Waals surface area contributed by atoms with E-state index in [2.05, 4.69) is 39.9 Å². The van der Waals surface area contributed by atoms with Crippen molar-refractivity contribution in [3.05, 3.63) is 0 Å². The fourth-order valence-electron chi connectivity index (χ4n) is 5.01. The Balaban J connectivity index is 2.03. The fourth-order valence-corrected chi connectivity index (χ4v) is 5.01. The first-order chi connectivity index (χ1) is 9.90. The summed E-state index contributed by atoms with van der Waals surface area (Å²) in [5.41, 5.74) is 0.268. The predicted molar refractivity (Wildman–Crippen MR) is 93.5 cm³/mol. The van der Waals surface area contributed by atoms with Crippen molar-refractivity contribution in [2.75, 3.05) is 6.54 Å². The molecule has 2 rings (SSSR count). The molecular formula is C20H39N. The molecule has 2 aliphatic carbocycles. The van der Waals surface area contributed by atoms with Crippen LogP contribution in [0.15, 0.2) is 0 Å². The summed E-state index contributed by atoms with van der Waals surface area (Å²) in [5.74, 6) is 4.93. The molecule has 0 aliphatic heterocycles. The number of nitrogens with one attached hydrogen (secondary N) is 1. The lowest BCUT2D eigenvalue weighted by molar-refractivity contribution is 0.0576. The van der Waals surface area contributed by atoms with Crippen LogP contribution in [0, 0.1) is 29.6 Å². The van der Waals surface area contributed by atoms with Crippen molar-refractivity contribution in [3.63, 3.8) is 0 Å². The monoisotopic (exact) mass is 293 g/mol. The second-order valence-electron chi connectivity index (χ2n) is 9.09. The molecule has 1 N–H and O–H groups in total. The molecule has 1 nitrogen and oxygen atoms in total. The third-order valence-corrected chi connectivity index (χ3v) is 6.25. The molecule has 2 aliphatic rings. The minimum atomic E-state index is 0.268. The Labute approximate surface area is 133 Å². The van der Waals surface area contributed by atoms with Gasteiger partial charge in [0.2, 0.25) is 0 Å². The molecule has 21 heavy (non-hydrogen) atoms. The first-order valence-electron chi connectivity index (χ1n) is 9.65. The van der Waals surface area contributed by atoms with Gasteiger partial charge >= 0.3 is 0 Å². The van der Waals surface area contributed by atoms with Crippen LogP contribution in [0.1, 0.15) is 86.0 Å². The van der Waals surface area contributed by atoms with Crippen LogP contribution in [0.5, 0.6) is 0 Å². The molecule has 0 amide bonds. The third kappa shape index (κ3) is 4.98. The highest BCUT2D eigenvalue weighted by molar-refractivity contribution is 4.89. The van der Waals surface area contributed by atoms with E-state index < -0.39 is 0 Å². The maximum atomic E-state index is 3.81. The zero-order valence-corrected chi connectivity index (χ0v) is 15.3. The standard InChI is InChI=1S/C20H39N/c1-6-16-9-7-8-10-18(16)19-13-15(2)11-12-17(19)14-21-20(3,4)5/h15-19,21H,6-14H2,1-5H3. The first kappa shape index (κ1) is 17.3. The van der Waals surface area contributed by atoms with Crippen molar-refractivity contribution >= 4 is 0 Å². The van der Waals surface area contributed by atoms with Crippen molar-refractivity contribution in [1.29, 1.82) is 0 Å². The summed E-state index contributed by atoms with van der Waals surface area (Å²) in [6.07, 6.45) is 11.8. The van der Waals surface area contributed by atoms with E-state index in [4.69, 9.17) is 0 Å².